The molecule has 2 aromatic rings. The van der Waals surface area contributed by atoms with Gasteiger partial charge in [-0.2, -0.15) is 11.8 Å². The van der Waals surface area contributed by atoms with Crippen LogP contribution in [0.2, 0.25) is 0 Å². The molecule has 0 aromatic carbocycles. The Balaban J connectivity index is 1.59. The zero-order valence-corrected chi connectivity index (χ0v) is 13.8. The summed E-state index contributed by atoms with van der Waals surface area (Å²) in [6, 6.07) is 7.58. The predicted molar refractivity (Wildman–Crippen MR) is 91.7 cm³/mol. The van der Waals surface area contributed by atoms with Crippen LogP contribution in [0.4, 0.5) is 9.80 Å². The maximum atomic E-state index is 12.0. The number of nitrogens with zero attached hydrogens (tertiary/aromatic N) is 1. The highest BCUT2D eigenvalue weighted by atomic mass is 32.2. The van der Waals surface area contributed by atoms with E-state index < -0.39 is 0 Å². The van der Waals surface area contributed by atoms with Gasteiger partial charge in [0.05, 0.1) is 17.3 Å². The molecule has 0 radical (unpaired) electrons. The first-order valence-corrected chi connectivity index (χ1v) is 9.30. The van der Waals surface area contributed by atoms with E-state index in [0.29, 0.717) is 6.54 Å². The lowest BCUT2D eigenvalue weighted by Gasteiger charge is -2.33. The number of urea groups is 1. The van der Waals surface area contributed by atoms with Crippen molar-refractivity contribution in [1.82, 2.24) is 10.2 Å². The van der Waals surface area contributed by atoms with Crippen LogP contribution in [0.25, 0.3) is 0 Å². The second-order valence-electron chi connectivity index (χ2n) is 4.99. The van der Waals surface area contributed by atoms with Crippen molar-refractivity contribution < 1.29 is 9.21 Å². The van der Waals surface area contributed by atoms with E-state index in [0.717, 1.165) is 35.4 Å². The molecule has 22 heavy (non-hydrogen) atoms. The third-order valence-electron chi connectivity index (χ3n) is 3.57. The van der Waals surface area contributed by atoms with Crippen LogP contribution in [0.1, 0.15) is 11.8 Å². The van der Waals surface area contributed by atoms with Crippen molar-refractivity contribution in [2.45, 2.75) is 6.04 Å². The van der Waals surface area contributed by atoms with E-state index in [1.165, 1.54) is 11.3 Å². The standard InChI is InChI=1S/C15H19N3O2S2/c19-15(17-14-4-2-8-22-14)16-11-12(13-3-1-7-20-13)18-5-9-21-10-6-18/h1-4,7-8,12H,5-6,9-11H2,(H2,16,17,19)/t12-/m0/s1. The van der Waals surface area contributed by atoms with E-state index in [4.69, 9.17) is 4.42 Å². The molecule has 0 aliphatic carbocycles. The molecule has 3 heterocycles. The molecule has 0 spiro atoms. The van der Waals surface area contributed by atoms with E-state index >= 15 is 0 Å². The van der Waals surface area contributed by atoms with Crippen molar-refractivity contribution >= 4 is 34.1 Å². The van der Waals surface area contributed by atoms with E-state index in [2.05, 4.69) is 15.5 Å². The molecule has 1 fully saturated rings. The van der Waals surface area contributed by atoms with E-state index in [-0.39, 0.29) is 12.1 Å². The van der Waals surface area contributed by atoms with E-state index in [1.807, 2.05) is 41.4 Å². The van der Waals surface area contributed by atoms with Gasteiger partial charge < -0.3 is 9.73 Å². The molecule has 0 saturated carbocycles. The lowest BCUT2D eigenvalue weighted by molar-refractivity contribution is 0.187. The number of anilines is 1. The van der Waals surface area contributed by atoms with Crippen LogP contribution < -0.4 is 10.6 Å². The molecular weight excluding hydrogens is 318 g/mol. The van der Waals surface area contributed by atoms with Crippen molar-refractivity contribution in [1.29, 1.82) is 0 Å². The van der Waals surface area contributed by atoms with E-state index in [9.17, 15) is 4.79 Å². The molecule has 2 N–H and O–H groups in total. The summed E-state index contributed by atoms with van der Waals surface area (Å²) >= 11 is 3.48. The third-order valence-corrected chi connectivity index (χ3v) is 5.30. The van der Waals surface area contributed by atoms with Gasteiger partial charge >= 0.3 is 6.03 Å². The summed E-state index contributed by atoms with van der Waals surface area (Å²) < 4.78 is 5.57. The van der Waals surface area contributed by atoms with Crippen molar-refractivity contribution in [3.63, 3.8) is 0 Å². The van der Waals surface area contributed by atoms with Gasteiger partial charge in [0.15, 0.2) is 0 Å². The van der Waals surface area contributed by atoms with Gasteiger partial charge in [0, 0.05) is 31.1 Å². The SMILES string of the molecule is O=C(NC[C@@H](c1ccco1)N1CCSCC1)Nc1cccs1. The van der Waals surface area contributed by atoms with Crippen LogP contribution in [0.3, 0.4) is 0 Å². The summed E-state index contributed by atoms with van der Waals surface area (Å²) in [7, 11) is 0. The predicted octanol–water partition coefficient (Wildman–Crippen LogP) is 3.25. The van der Waals surface area contributed by atoms with E-state index in [1.54, 1.807) is 6.26 Å². The number of amides is 2. The Morgan fingerprint density at radius 1 is 1.32 bits per heavy atom. The molecule has 1 aliphatic heterocycles. The average Bonchev–Trinajstić information content (AvgIpc) is 3.22. The Bertz CT molecular complexity index is 566. The number of rotatable bonds is 5. The molecule has 5 nitrogen and oxygen atoms in total. The van der Waals surface area contributed by atoms with Gasteiger partial charge in [-0.3, -0.25) is 10.2 Å². The monoisotopic (exact) mass is 337 g/mol. The fourth-order valence-corrected chi connectivity index (χ4v) is 4.02. The molecule has 1 saturated heterocycles. The average molecular weight is 337 g/mol. The smallest absolute Gasteiger partial charge is 0.319 e. The number of nitrogens with one attached hydrogen (secondary N) is 2. The van der Waals surface area contributed by atoms with Gasteiger partial charge in [0.2, 0.25) is 0 Å². The number of carbonyl (C=O) groups is 1. The summed E-state index contributed by atoms with van der Waals surface area (Å²) in [5, 5.41) is 8.58. The number of thiophene rings is 1. The third kappa shape index (κ3) is 4.06. The lowest BCUT2D eigenvalue weighted by Crippen LogP contribution is -2.42. The highest BCUT2D eigenvalue weighted by Gasteiger charge is 2.25. The zero-order valence-electron chi connectivity index (χ0n) is 12.2. The Morgan fingerprint density at radius 3 is 2.86 bits per heavy atom. The number of thioether (sulfide) groups is 1. The molecule has 1 atom stereocenters. The largest absolute Gasteiger partial charge is 0.468 e. The molecule has 0 unspecified atom stereocenters. The molecule has 1 aliphatic rings. The van der Waals surface area contributed by atoms with Crippen LogP contribution in [0.5, 0.6) is 0 Å². The Hall–Kier alpha value is -1.44. The highest BCUT2D eigenvalue weighted by molar-refractivity contribution is 7.99. The number of hydrogen-bond donors (Lipinski definition) is 2. The van der Waals surface area contributed by atoms with Crippen molar-refractivity contribution in [3.8, 4) is 0 Å². The first kappa shape index (κ1) is 15.5. The molecule has 2 aromatic heterocycles. The maximum Gasteiger partial charge on any atom is 0.319 e. The van der Waals surface area contributed by atoms with Crippen LogP contribution >= 0.6 is 23.1 Å². The van der Waals surface area contributed by atoms with Crippen LogP contribution in [-0.2, 0) is 0 Å². The van der Waals surface area contributed by atoms with Crippen LogP contribution in [0, 0.1) is 0 Å². The van der Waals surface area contributed by atoms with Gasteiger partial charge in [-0.15, -0.1) is 11.3 Å². The van der Waals surface area contributed by atoms with Gasteiger partial charge in [-0.1, -0.05) is 0 Å². The Morgan fingerprint density at radius 2 is 2.18 bits per heavy atom. The highest BCUT2D eigenvalue weighted by Crippen LogP contribution is 2.24. The second kappa shape index (κ2) is 7.71. The van der Waals surface area contributed by atoms with Gasteiger partial charge in [0.1, 0.15) is 5.76 Å². The Labute approximate surface area is 138 Å². The lowest BCUT2D eigenvalue weighted by atomic mass is 10.2. The zero-order chi connectivity index (χ0) is 15.2. The maximum absolute atomic E-state index is 12.0. The fourth-order valence-electron chi connectivity index (χ4n) is 2.47. The first-order chi connectivity index (χ1) is 10.8. The fraction of sp³-hybridized carbons (Fsp3) is 0.400. The molecular formula is C15H19N3O2S2. The minimum absolute atomic E-state index is 0.0879. The van der Waals surface area contributed by atoms with Crippen LogP contribution in [0.15, 0.2) is 40.3 Å². The molecule has 118 valence electrons. The molecule has 7 heteroatoms. The van der Waals surface area contributed by atoms with Gasteiger partial charge in [-0.25, -0.2) is 4.79 Å². The topological polar surface area (TPSA) is 57.5 Å². The van der Waals surface area contributed by atoms with Crippen molar-refractivity contribution in [2.75, 3.05) is 36.5 Å². The minimum atomic E-state index is -0.176. The molecule has 2 amide bonds. The summed E-state index contributed by atoms with van der Waals surface area (Å²) in [4.78, 5) is 14.4. The summed E-state index contributed by atoms with van der Waals surface area (Å²) in [5.41, 5.74) is 0. The van der Waals surface area contributed by atoms with Crippen molar-refractivity contribution in [2.24, 2.45) is 0 Å². The quantitative estimate of drug-likeness (QED) is 0.879. The summed E-state index contributed by atoms with van der Waals surface area (Å²) in [5.74, 6) is 3.15. The molecule has 3 rings (SSSR count). The second-order valence-corrected chi connectivity index (χ2v) is 7.16. The van der Waals surface area contributed by atoms with Gasteiger partial charge in [-0.05, 0) is 29.6 Å². The number of furan rings is 1. The minimum Gasteiger partial charge on any atom is -0.468 e. The van der Waals surface area contributed by atoms with Crippen molar-refractivity contribution in [3.05, 3.63) is 41.7 Å². The van der Waals surface area contributed by atoms with Gasteiger partial charge in [0.25, 0.3) is 0 Å². The number of carbonyl (C=O) groups excluding carboxylic acids is 1. The first-order valence-electron chi connectivity index (χ1n) is 7.26. The van der Waals surface area contributed by atoms with Crippen LogP contribution in [-0.4, -0.2) is 42.1 Å². The molecule has 0 bridgehead atoms. The normalized spacial score (nSPS) is 17.1. The Kier molecular flexibility index (Phi) is 5.42. The number of hydrogen-bond acceptors (Lipinski definition) is 5. The summed E-state index contributed by atoms with van der Waals surface area (Å²) in [6.07, 6.45) is 1.69. The summed E-state index contributed by atoms with van der Waals surface area (Å²) in [6.45, 7) is 2.57.